The molecule has 0 aromatic carbocycles. The topological polar surface area (TPSA) is 54.4 Å². The van der Waals surface area contributed by atoms with Crippen LogP contribution in [0.15, 0.2) is 12.2 Å². The van der Waals surface area contributed by atoms with Crippen molar-refractivity contribution < 1.29 is 14.7 Å². The maximum atomic E-state index is 12.4. The van der Waals surface area contributed by atoms with Crippen molar-refractivity contribution in [2.24, 2.45) is 28.6 Å². The Labute approximate surface area is 132 Å². The van der Waals surface area contributed by atoms with Crippen LogP contribution in [0.2, 0.25) is 0 Å². The third-order valence-corrected chi connectivity index (χ3v) is 7.93. The van der Waals surface area contributed by atoms with Crippen molar-refractivity contribution in [1.29, 1.82) is 0 Å². The molecule has 3 heteroatoms. The molecule has 120 valence electrons. The third-order valence-electron chi connectivity index (χ3n) is 7.93. The number of carbonyl (C=O) groups is 2. The fourth-order valence-corrected chi connectivity index (χ4v) is 6.35. The molecule has 1 N–H and O–H groups in total. The Balaban J connectivity index is 1.77. The number of hydrogen-bond acceptors (Lipinski definition) is 3. The van der Waals surface area contributed by atoms with Crippen molar-refractivity contribution >= 4 is 11.6 Å². The molecule has 0 saturated heterocycles. The molecule has 0 heterocycles. The maximum Gasteiger partial charge on any atom is 0.155 e. The van der Waals surface area contributed by atoms with E-state index in [0.29, 0.717) is 31.0 Å². The minimum Gasteiger partial charge on any atom is -0.389 e. The summed E-state index contributed by atoms with van der Waals surface area (Å²) in [6.45, 7) is 4.27. The first-order valence-corrected chi connectivity index (χ1v) is 8.79. The van der Waals surface area contributed by atoms with Crippen LogP contribution in [0.25, 0.3) is 0 Å². The monoisotopic (exact) mass is 302 g/mol. The summed E-state index contributed by atoms with van der Waals surface area (Å²) < 4.78 is 0. The summed E-state index contributed by atoms with van der Waals surface area (Å²) in [4.78, 5) is 24.2. The van der Waals surface area contributed by atoms with E-state index in [1.165, 1.54) is 0 Å². The molecule has 3 nitrogen and oxygen atoms in total. The highest BCUT2D eigenvalue weighted by atomic mass is 16.3. The quantitative estimate of drug-likeness (QED) is 0.748. The number of allylic oxidation sites excluding steroid dienone is 1. The molecule has 4 rings (SSSR count). The summed E-state index contributed by atoms with van der Waals surface area (Å²) in [5.74, 6) is 1.38. The van der Waals surface area contributed by atoms with E-state index in [-0.39, 0.29) is 28.4 Å². The van der Waals surface area contributed by atoms with E-state index in [4.69, 9.17) is 0 Å². The van der Waals surface area contributed by atoms with Crippen LogP contribution in [0.4, 0.5) is 0 Å². The van der Waals surface area contributed by atoms with Gasteiger partial charge in [-0.25, -0.2) is 0 Å². The molecule has 4 aliphatic carbocycles. The number of aliphatic hydroxyl groups is 1. The summed E-state index contributed by atoms with van der Waals surface area (Å²) in [5, 5.41) is 11.7. The van der Waals surface area contributed by atoms with Gasteiger partial charge in [-0.3, -0.25) is 9.59 Å². The molecule has 22 heavy (non-hydrogen) atoms. The van der Waals surface area contributed by atoms with Gasteiger partial charge in [0.05, 0.1) is 5.60 Å². The van der Waals surface area contributed by atoms with Gasteiger partial charge in [-0.2, -0.15) is 0 Å². The molecule has 0 spiro atoms. The molecule has 1 unspecified atom stereocenters. The number of carbonyl (C=O) groups excluding carboxylic acids is 2. The molecular formula is C19H26O3. The molecule has 6 atom stereocenters. The van der Waals surface area contributed by atoms with Crippen LogP contribution < -0.4 is 0 Å². The molecule has 0 aliphatic heterocycles. The Morgan fingerprint density at radius 2 is 1.86 bits per heavy atom. The van der Waals surface area contributed by atoms with Crippen LogP contribution >= 0.6 is 0 Å². The van der Waals surface area contributed by atoms with Crippen LogP contribution in [0.1, 0.15) is 58.8 Å². The van der Waals surface area contributed by atoms with E-state index in [0.717, 1.165) is 25.7 Å². The lowest BCUT2D eigenvalue weighted by atomic mass is 9.44. The predicted octanol–water partition coefficient (Wildman–Crippen LogP) is 3.06. The highest BCUT2D eigenvalue weighted by Crippen LogP contribution is 2.65. The van der Waals surface area contributed by atoms with Gasteiger partial charge in [-0.05, 0) is 55.9 Å². The maximum absolute atomic E-state index is 12.4. The largest absolute Gasteiger partial charge is 0.389 e. The minimum absolute atomic E-state index is 0.196. The van der Waals surface area contributed by atoms with Crippen molar-refractivity contribution in [3.05, 3.63) is 12.2 Å². The van der Waals surface area contributed by atoms with Crippen LogP contribution in [0.5, 0.6) is 0 Å². The van der Waals surface area contributed by atoms with Crippen molar-refractivity contribution in [2.75, 3.05) is 0 Å². The third kappa shape index (κ3) is 1.56. The number of hydrogen-bond donors (Lipinski definition) is 1. The second-order valence-electron chi connectivity index (χ2n) is 8.58. The fourth-order valence-electron chi connectivity index (χ4n) is 6.35. The van der Waals surface area contributed by atoms with Crippen LogP contribution in [0.3, 0.4) is 0 Å². The first-order chi connectivity index (χ1) is 10.3. The van der Waals surface area contributed by atoms with Gasteiger partial charge in [0.1, 0.15) is 5.78 Å². The Bertz CT molecular complexity index is 579. The van der Waals surface area contributed by atoms with E-state index >= 15 is 0 Å². The smallest absolute Gasteiger partial charge is 0.155 e. The summed E-state index contributed by atoms with van der Waals surface area (Å²) >= 11 is 0. The Morgan fingerprint density at radius 3 is 2.64 bits per heavy atom. The molecule has 0 radical (unpaired) electrons. The molecule has 3 saturated carbocycles. The van der Waals surface area contributed by atoms with Crippen LogP contribution in [0, 0.1) is 28.6 Å². The molecule has 0 amide bonds. The van der Waals surface area contributed by atoms with Crippen molar-refractivity contribution in [1.82, 2.24) is 0 Å². The molecule has 0 aromatic rings. The van der Waals surface area contributed by atoms with Gasteiger partial charge in [-0.1, -0.05) is 19.9 Å². The first kappa shape index (κ1) is 14.6. The van der Waals surface area contributed by atoms with E-state index in [2.05, 4.69) is 13.8 Å². The molecule has 0 bridgehead atoms. The number of fused-ring (bicyclic) bond motifs is 5. The van der Waals surface area contributed by atoms with Gasteiger partial charge >= 0.3 is 0 Å². The summed E-state index contributed by atoms with van der Waals surface area (Å²) in [6, 6.07) is 0. The molecule has 4 aliphatic rings. The molecule has 3 fully saturated rings. The van der Waals surface area contributed by atoms with E-state index in [1.54, 1.807) is 6.08 Å². The minimum atomic E-state index is -0.748. The van der Waals surface area contributed by atoms with Gasteiger partial charge in [-0.15, -0.1) is 0 Å². The highest BCUT2D eigenvalue weighted by molar-refractivity contribution is 5.91. The normalized spacial score (nSPS) is 53.9. The summed E-state index contributed by atoms with van der Waals surface area (Å²) in [7, 11) is 0. The number of Topliss-reactive ketones (excluding diaryl/α,β-unsaturated/α-hetero) is 1. The zero-order chi connectivity index (χ0) is 15.8. The van der Waals surface area contributed by atoms with Gasteiger partial charge in [0.15, 0.2) is 5.78 Å². The lowest BCUT2D eigenvalue weighted by Crippen LogP contribution is -2.64. The van der Waals surface area contributed by atoms with Crippen LogP contribution in [-0.2, 0) is 9.59 Å². The Hall–Kier alpha value is -0.960. The van der Waals surface area contributed by atoms with Crippen molar-refractivity contribution in [2.45, 2.75) is 64.4 Å². The van der Waals surface area contributed by atoms with Gasteiger partial charge in [0, 0.05) is 23.7 Å². The van der Waals surface area contributed by atoms with Crippen molar-refractivity contribution in [3.63, 3.8) is 0 Å². The van der Waals surface area contributed by atoms with E-state index in [9.17, 15) is 14.7 Å². The standard InChI is InChI=1S/C19H26O3/c1-17-9-10-19(22)15(14(17)5-6-16(17)21)4-3-12-11-13(20)7-8-18(12,19)2/h7-8,12,14-15,22H,3-6,9-11H2,1-2H3/t12?,14-,15-,17-,18-,19-/m0/s1. The molecular weight excluding hydrogens is 276 g/mol. The first-order valence-electron chi connectivity index (χ1n) is 8.79. The van der Waals surface area contributed by atoms with Gasteiger partial charge in [0.25, 0.3) is 0 Å². The summed E-state index contributed by atoms with van der Waals surface area (Å²) in [5.41, 5.74) is -1.27. The number of rotatable bonds is 0. The number of ketones is 2. The van der Waals surface area contributed by atoms with Crippen molar-refractivity contribution in [3.8, 4) is 0 Å². The average molecular weight is 302 g/mol. The Kier molecular flexibility index (Phi) is 2.87. The Morgan fingerprint density at radius 1 is 1.09 bits per heavy atom. The second-order valence-corrected chi connectivity index (χ2v) is 8.58. The average Bonchev–Trinajstić information content (AvgIpc) is 2.77. The zero-order valence-corrected chi connectivity index (χ0v) is 13.6. The second kappa shape index (κ2) is 4.31. The van der Waals surface area contributed by atoms with E-state index < -0.39 is 5.60 Å². The fraction of sp³-hybridized carbons (Fsp3) is 0.789. The van der Waals surface area contributed by atoms with Gasteiger partial charge < -0.3 is 5.11 Å². The van der Waals surface area contributed by atoms with E-state index in [1.807, 2.05) is 6.08 Å². The SMILES string of the molecule is C[C@]12C=CC(=O)CC1CC[C@H]1[C@@H]3CCC(=O)[C@@]3(C)CC[C@]12O. The predicted molar refractivity (Wildman–Crippen MR) is 83.1 cm³/mol. The lowest BCUT2D eigenvalue weighted by Gasteiger charge is -2.62. The van der Waals surface area contributed by atoms with Gasteiger partial charge in [0.2, 0.25) is 0 Å². The lowest BCUT2D eigenvalue weighted by molar-refractivity contribution is -0.206. The van der Waals surface area contributed by atoms with Crippen LogP contribution in [-0.4, -0.2) is 22.3 Å². The highest BCUT2D eigenvalue weighted by Gasteiger charge is 2.66. The molecule has 0 aromatic heterocycles. The summed E-state index contributed by atoms with van der Waals surface area (Å²) in [6.07, 6.45) is 9.33. The zero-order valence-electron chi connectivity index (χ0n) is 13.6.